The zero-order valence-corrected chi connectivity index (χ0v) is 17.7. The normalized spacial score (nSPS) is 13.7. The second-order valence-electron chi connectivity index (χ2n) is 7.81. The maximum atomic E-state index is 12.5. The fraction of sp³-hybridized carbons (Fsp3) is 0.280. The van der Waals surface area contributed by atoms with Crippen molar-refractivity contribution in [2.24, 2.45) is 0 Å². The van der Waals surface area contributed by atoms with Crippen LogP contribution in [0.15, 0.2) is 46.9 Å². The lowest BCUT2D eigenvalue weighted by atomic mass is 9.94. The Morgan fingerprint density at radius 3 is 2.61 bits per heavy atom. The minimum atomic E-state index is -0.973. The summed E-state index contributed by atoms with van der Waals surface area (Å²) in [5.74, 6) is 0.535. The molecule has 0 fully saturated rings. The fourth-order valence-electron chi connectivity index (χ4n) is 4.05. The van der Waals surface area contributed by atoms with Gasteiger partial charge in [0.2, 0.25) is 5.91 Å². The largest absolute Gasteiger partial charge is 0.496 e. The number of furan rings is 1. The Bertz CT molecular complexity index is 1170. The first-order valence-corrected chi connectivity index (χ1v) is 10.4. The maximum Gasteiger partial charge on any atom is 0.335 e. The molecule has 0 spiro atoms. The minimum absolute atomic E-state index is 0.217. The van der Waals surface area contributed by atoms with E-state index in [0.29, 0.717) is 12.3 Å². The van der Waals surface area contributed by atoms with Crippen molar-refractivity contribution in [1.29, 1.82) is 0 Å². The number of fused-ring (bicyclic) bond motifs is 3. The number of methoxy groups -OCH3 is 1. The third kappa shape index (κ3) is 4.33. The van der Waals surface area contributed by atoms with Crippen molar-refractivity contribution in [3.05, 3.63) is 70.5 Å². The van der Waals surface area contributed by atoms with Crippen LogP contribution in [0.25, 0.3) is 16.5 Å². The summed E-state index contributed by atoms with van der Waals surface area (Å²) in [6.07, 6.45) is 5.84. The van der Waals surface area contributed by atoms with E-state index < -0.39 is 5.97 Å². The van der Waals surface area contributed by atoms with E-state index in [9.17, 15) is 9.59 Å². The van der Waals surface area contributed by atoms with Crippen LogP contribution in [0.2, 0.25) is 0 Å². The molecule has 6 heteroatoms. The molecule has 0 atom stereocenters. The van der Waals surface area contributed by atoms with Gasteiger partial charge in [0, 0.05) is 41.6 Å². The van der Waals surface area contributed by atoms with Gasteiger partial charge in [0.05, 0.1) is 12.7 Å². The van der Waals surface area contributed by atoms with Crippen molar-refractivity contribution in [2.75, 3.05) is 7.11 Å². The Kier molecular flexibility index (Phi) is 5.80. The lowest BCUT2D eigenvalue weighted by Crippen LogP contribution is -2.20. The fourth-order valence-corrected chi connectivity index (χ4v) is 4.05. The summed E-state index contributed by atoms with van der Waals surface area (Å²) in [4.78, 5) is 23.4. The van der Waals surface area contributed by atoms with E-state index in [1.807, 2.05) is 13.0 Å². The predicted molar refractivity (Wildman–Crippen MR) is 118 cm³/mol. The zero-order chi connectivity index (χ0) is 22.0. The van der Waals surface area contributed by atoms with Crippen LogP contribution in [0.5, 0.6) is 5.75 Å². The molecule has 1 aromatic heterocycles. The molecular formula is C25H25NO5. The number of ether oxygens (including phenoxy) is 1. The predicted octanol–water partition coefficient (Wildman–Crippen LogP) is 4.74. The smallest absolute Gasteiger partial charge is 0.335 e. The Morgan fingerprint density at radius 2 is 1.90 bits per heavy atom. The van der Waals surface area contributed by atoms with E-state index in [1.165, 1.54) is 17.7 Å². The number of carbonyl (C=O) groups excluding carboxylic acids is 1. The molecule has 2 N–H and O–H groups in total. The van der Waals surface area contributed by atoms with Gasteiger partial charge in [0.15, 0.2) is 0 Å². The molecule has 1 heterocycles. The SMILES string of the molecule is COc1cc2oc3c(c2cc1/C(C)=C/C(=O)NCc1ccc(C(=O)O)cc1)CCCC3. The molecule has 160 valence electrons. The number of hydrogen-bond acceptors (Lipinski definition) is 4. The first-order valence-electron chi connectivity index (χ1n) is 10.4. The van der Waals surface area contributed by atoms with Crippen LogP contribution in [-0.2, 0) is 24.2 Å². The van der Waals surface area contributed by atoms with Crippen LogP contribution in [0.4, 0.5) is 0 Å². The van der Waals surface area contributed by atoms with Gasteiger partial charge in [0.1, 0.15) is 17.1 Å². The molecule has 31 heavy (non-hydrogen) atoms. The van der Waals surface area contributed by atoms with Crippen molar-refractivity contribution in [3.63, 3.8) is 0 Å². The van der Waals surface area contributed by atoms with Crippen molar-refractivity contribution in [1.82, 2.24) is 5.32 Å². The second-order valence-corrected chi connectivity index (χ2v) is 7.81. The van der Waals surface area contributed by atoms with Crippen LogP contribution in [-0.4, -0.2) is 24.1 Å². The van der Waals surface area contributed by atoms with Crippen LogP contribution in [0, 0.1) is 0 Å². The van der Waals surface area contributed by atoms with E-state index in [1.54, 1.807) is 25.3 Å². The molecular weight excluding hydrogens is 394 g/mol. The number of nitrogens with one attached hydrogen (secondary N) is 1. The number of hydrogen-bond donors (Lipinski definition) is 2. The molecule has 0 unspecified atom stereocenters. The van der Waals surface area contributed by atoms with Gasteiger partial charge in [-0.15, -0.1) is 0 Å². The Hall–Kier alpha value is -3.54. The molecule has 1 amide bonds. The topological polar surface area (TPSA) is 88.8 Å². The number of carbonyl (C=O) groups is 2. The van der Waals surface area contributed by atoms with Crippen LogP contribution >= 0.6 is 0 Å². The Balaban J connectivity index is 1.53. The van der Waals surface area contributed by atoms with Crippen LogP contribution < -0.4 is 10.1 Å². The van der Waals surface area contributed by atoms with E-state index in [0.717, 1.165) is 59.1 Å². The Morgan fingerprint density at radius 1 is 1.16 bits per heavy atom. The lowest BCUT2D eigenvalue weighted by molar-refractivity contribution is -0.116. The molecule has 3 aromatic rings. The molecule has 0 saturated carbocycles. The third-order valence-corrected chi connectivity index (χ3v) is 5.72. The molecule has 0 aliphatic heterocycles. The van der Waals surface area contributed by atoms with Crippen LogP contribution in [0.1, 0.15) is 52.6 Å². The highest BCUT2D eigenvalue weighted by molar-refractivity contribution is 5.97. The summed E-state index contributed by atoms with van der Waals surface area (Å²) in [6.45, 7) is 2.20. The van der Waals surface area contributed by atoms with Gasteiger partial charge in [-0.2, -0.15) is 0 Å². The van der Waals surface area contributed by atoms with Gasteiger partial charge >= 0.3 is 5.97 Å². The highest BCUT2D eigenvalue weighted by Gasteiger charge is 2.20. The van der Waals surface area contributed by atoms with Gasteiger partial charge in [-0.05, 0) is 55.5 Å². The first kappa shape index (κ1) is 20.7. The van der Waals surface area contributed by atoms with Gasteiger partial charge in [-0.25, -0.2) is 4.79 Å². The number of carboxylic acid groups (broad SMARTS) is 1. The number of aryl methyl sites for hydroxylation is 2. The molecule has 6 nitrogen and oxygen atoms in total. The van der Waals surface area contributed by atoms with E-state index in [-0.39, 0.29) is 11.5 Å². The zero-order valence-electron chi connectivity index (χ0n) is 17.7. The van der Waals surface area contributed by atoms with E-state index >= 15 is 0 Å². The number of rotatable bonds is 6. The van der Waals surface area contributed by atoms with Gasteiger partial charge in [0.25, 0.3) is 0 Å². The van der Waals surface area contributed by atoms with Crippen molar-refractivity contribution >= 4 is 28.4 Å². The quantitative estimate of drug-likeness (QED) is 0.564. The van der Waals surface area contributed by atoms with E-state index in [2.05, 4.69) is 11.4 Å². The monoisotopic (exact) mass is 419 g/mol. The number of amides is 1. The Labute approximate surface area is 180 Å². The summed E-state index contributed by atoms with van der Waals surface area (Å²) in [5, 5.41) is 12.9. The molecule has 0 radical (unpaired) electrons. The van der Waals surface area contributed by atoms with Gasteiger partial charge in [-0.3, -0.25) is 4.79 Å². The van der Waals surface area contributed by atoms with Gasteiger partial charge < -0.3 is 19.6 Å². The van der Waals surface area contributed by atoms with Gasteiger partial charge in [-0.1, -0.05) is 12.1 Å². The number of allylic oxidation sites excluding steroid dienone is 1. The molecule has 2 aromatic carbocycles. The summed E-state index contributed by atoms with van der Waals surface area (Å²) in [6, 6.07) is 10.4. The lowest BCUT2D eigenvalue weighted by Gasteiger charge is -2.11. The summed E-state index contributed by atoms with van der Waals surface area (Å²) < 4.78 is 11.6. The molecule has 1 aliphatic carbocycles. The van der Waals surface area contributed by atoms with E-state index in [4.69, 9.17) is 14.3 Å². The standard InChI is InChI=1S/C25H25NO5/c1-15(11-24(27)26-14-16-7-9-17(10-8-16)25(28)29)19-12-20-18-5-3-4-6-21(18)31-23(20)13-22(19)30-2/h7-13H,3-6,14H2,1-2H3,(H,26,27)(H,28,29)/b15-11+. The summed E-state index contributed by atoms with van der Waals surface area (Å²) in [7, 11) is 1.61. The molecule has 1 aliphatic rings. The van der Waals surface area contributed by atoms with Crippen molar-refractivity contribution < 1.29 is 23.8 Å². The number of aromatic carboxylic acids is 1. The average molecular weight is 419 g/mol. The average Bonchev–Trinajstić information content (AvgIpc) is 3.14. The second kappa shape index (κ2) is 8.68. The minimum Gasteiger partial charge on any atom is -0.496 e. The number of benzene rings is 2. The third-order valence-electron chi connectivity index (χ3n) is 5.72. The summed E-state index contributed by atoms with van der Waals surface area (Å²) >= 11 is 0. The van der Waals surface area contributed by atoms with Crippen molar-refractivity contribution in [2.45, 2.75) is 39.2 Å². The molecule has 0 saturated heterocycles. The molecule has 0 bridgehead atoms. The highest BCUT2D eigenvalue weighted by atomic mass is 16.5. The highest BCUT2D eigenvalue weighted by Crippen LogP contribution is 2.37. The first-order chi connectivity index (χ1) is 15.0. The maximum absolute atomic E-state index is 12.5. The van der Waals surface area contributed by atoms with Crippen molar-refractivity contribution in [3.8, 4) is 5.75 Å². The summed E-state index contributed by atoms with van der Waals surface area (Å²) in [5.41, 5.74) is 4.80. The molecule has 4 rings (SSSR count). The van der Waals surface area contributed by atoms with Crippen LogP contribution in [0.3, 0.4) is 0 Å². The number of carboxylic acids is 1.